The molecule has 1 amide bonds. The van der Waals surface area contributed by atoms with E-state index >= 15 is 0 Å². The van der Waals surface area contributed by atoms with Gasteiger partial charge in [-0.1, -0.05) is 45.0 Å². The van der Waals surface area contributed by atoms with Crippen molar-refractivity contribution in [1.82, 2.24) is 25.4 Å². The van der Waals surface area contributed by atoms with E-state index in [0.717, 1.165) is 22.5 Å². The van der Waals surface area contributed by atoms with Gasteiger partial charge >= 0.3 is 0 Å². The summed E-state index contributed by atoms with van der Waals surface area (Å²) in [6.07, 6.45) is 11.2. The summed E-state index contributed by atoms with van der Waals surface area (Å²) in [5.74, 6) is 0.486. The first kappa shape index (κ1) is 26.0. The van der Waals surface area contributed by atoms with Crippen LogP contribution in [-0.4, -0.2) is 31.6 Å². The fraction of sp³-hybridized carbons (Fsp3) is 0.233. The molecule has 0 spiro atoms. The topological polar surface area (TPSA) is 108 Å². The standard InChI is InChI=1S/C30H30FN7O/c1-17(2)11-27(39)34-21-12-20(13-32-14-21)18(3)9-10-25-19(4)28(38-37-25)30-35-26-16-33-15-23(29(26)36-30)22-7-5-6-8-24(22)31/h5-10,12-17,19,37H,11H2,1-4H3,(H,34,39)(H,35,36)/b18-9+,25-10+. The number of amides is 1. The van der Waals surface area contributed by atoms with Gasteiger partial charge in [-0.05, 0) is 42.2 Å². The molecule has 1 aliphatic heterocycles. The number of nitrogens with one attached hydrogen (secondary N) is 3. The number of fused-ring (bicyclic) bond motifs is 1. The van der Waals surface area contributed by atoms with E-state index in [9.17, 15) is 9.18 Å². The molecule has 1 atom stereocenters. The number of carbonyl (C=O) groups is 1. The summed E-state index contributed by atoms with van der Waals surface area (Å²) in [5, 5.41) is 7.44. The van der Waals surface area contributed by atoms with E-state index in [-0.39, 0.29) is 23.6 Å². The maximum absolute atomic E-state index is 14.5. The van der Waals surface area contributed by atoms with Crippen LogP contribution in [0.25, 0.3) is 27.7 Å². The van der Waals surface area contributed by atoms with E-state index in [1.807, 2.05) is 45.9 Å². The number of H-pyrrole nitrogens is 1. The van der Waals surface area contributed by atoms with Crippen LogP contribution in [0.1, 0.15) is 45.5 Å². The van der Waals surface area contributed by atoms with E-state index in [0.29, 0.717) is 40.1 Å². The number of aromatic nitrogens is 4. The Morgan fingerprint density at radius 3 is 2.72 bits per heavy atom. The van der Waals surface area contributed by atoms with E-state index in [2.05, 4.69) is 30.8 Å². The number of anilines is 1. The van der Waals surface area contributed by atoms with Gasteiger partial charge in [0.25, 0.3) is 0 Å². The summed E-state index contributed by atoms with van der Waals surface area (Å²) in [5.41, 5.74) is 9.76. The lowest BCUT2D eigenvalue weighted by Gasteiger charge is -2.09. The molecule has 9 heteroatoms. The number of pyridine rings is 2. The zero-order valence-corrected chi connectivity index (χ0v) is 22.3. The lowest BCUT2D eigenvalue weighted by molar-refractivity contribution is -0.116. The maximum atomic E-state index is 14.5. The number of hydrogen-bond acceptors (Lipinski definition) is 6. The summed E-state index contributed by atoms with van der Waals surface area (Å²) in [6.45, 7) is 8.06. The zero-order valence-electron chi connectivity index (χ0n) is 22.3. The van der Waals surface area contributed by atoms with Gasteiger partial charge in [0.15, 0.2) is 5.82 Å². The Bertz CT molecular complexity index is 1630. The van der Waals surface area contributed by atoms with E-state index in [1.165, 1.54) is 6.07 Å². The molecule has 4 aromatic rings. The van der Waals surface area contributed by atoms with Crippen LogP contribution in [0.4, 0.5) is 10.1 Å². The van der Waals surface area contributed by atoms with Crippen molar-refractivity contribution >= 4 is 33.9 Å². The Morgan fingerprint density at radius 1 is 1.13 bits per heavy atom. The Labute approximate surface area is 226 Å². The number of nitrogens with zero attached hydrogens (tertiary/aromatic N) is 4. The number of hydrazone groups is 1. The van der Waals surface area contributed by atoms with Crippen molar-refractivity contribution in [2.75, 3.05) is 5.32 Å². The van der Waals surface area contributed by atoms with Gasteiger partial charge in [-0.25, -0.2) is 9.37 Å². The SMILES string of the molecule is C/C(=C\C=C1\NN=C(c2nc3c(-c4ccccc4F)cncc3[nH]2)C1C)c1cncc(NC(=O)CC(C)C)c1. The molecule has 198 valence electrons. The molecule has 1 aliphatic rings. The average Bonchev–Trinajstić information content (AvgIpc) is 3.50. The van der Waals surface area contributed by atoms with Crippen molar-refractivity contribution in [1.29, 1.82) is 0 Å². The highest BCUT2D eigenvalue weighted by molar-refractivity contribution is 6.05. The first-order valence-corrected chi connectivity index (χ1v) is 12.9. The number of benzene rings is 1. The van der Waals surface area contributed by atoms with Crippen molar-refractivity contribution < 1.29 is 9.18 Å². The molecule has 0 bridgehead atoms. The number of imidazole rings is 1. The monoisotopic (exact) mass is 523 g/mol. The highest BCUT2D eigenvalue weighted by Crippen LogP contribution is 2.30. The van der Waals surface area contributed by atoms with Crippen molar-refractivity contribution in [3.05, 3.63) is 90.2 Å². The third kappa shape index (κ3) is 5.62. The number of halogens is 1. The summed E-state index contributed by atoms with van der Waals surface area (Å²) < 4.78 is 14.5. The normalized spacial score (nSPS) is 16.6. The first-order chi connectivity index (χ1) is 18.8. The van der Waals surface area contributed by atoms with Crippen LogP contribution in [0.3, 0.4) is 0 Å². The molecular weight excluding hydrogens is 493 g/mol. The molecule has 0 radical (unpaired) electrons. The minimum absolute atomic E-state index is 0.0243. The average molecular weight is 524 g/mol. The minimum Gasteiger partial charge on any atom is -0.336 e. The van der Waals surface area contributed by atoms with Crippen molar-refractivity contribution in [3.63, 3.8) is 0 Å². The highest BCUT2D eigenvalue weighted by Gasteiger charge is 2.26. The van der Waals surface area contributed by atoms with E-state index < -0.39 is 0 Å². The van der Waals surface area contributed by atoms with E-state index in [4.69, 9.17) is 4.98 Å². The van der Waals surface area contributed by atoms with Crippen LogP contribution in [0.15, 0.2) is 78.1 Å². The van der Waals surface area contributed by atoms with Crippen molar-refractivity contribution in [2.45, 2.75) is 34.1 Å². The van der Waals surface area contributed by atoms with Crippen LogP contribution in [-0.2, 0) is 4.79 Å². The molecule has 0 saturated carbocycles. The third-order valence-corrected chi connectivity index (χ3v) is 6.57. The van der Waals surface area contributed by atoms with Gasteiger partial charge in [0, 0.05) is 41.6 Å². The number of hydrogen-bond donors (Lipinski definition) is 3. The Hall–Kier alpha value is -4.66. The quantitative estimate of drug-likeness (QED) is 0.272. The fourth-order valence-electron chi connectivity index (χ4n) is 4.45. The second kappa shape index (κ2) is 11.0. The molecule has 1 aromatic carbocycles. The van der Waals surface area contributed by atoms with Crippen LogP contribution < -0.4 is 10.7 Å². The van der Waals surface area contributed by atoms with Crippen molar-refractivity contribution in [3.8, 4) is 11.1 Å². The molecule has 0 saturated heterocycles. The molecule has 5 rings (SSSR count). The molecule has 4 heterocycles. The van der Waals surface area contributed by atoms with Gasteiger partial charge in [-0.15, -0.1) is 0 Å². The minimum atomic E-state index is -0.323. The smallest absolute Gasteiger partial charge is 0.224 e. The summed E-state index contributed by atoms with van der Waals surface area (Å²) in [6, 6.07) is 8.51. The van der Waals surface area contributed by atoms with Crippen molar-refractivity contribution in [2.24, 2.45) is 16.9 Å². The van der Waals surface area contributed by atoms with Gasteiger partial charge in [-0.2, -0.15) is 5.10 Å². The van der Waals surface area contributed by atoms with Crippen LogP contribution in [0.5, 0.6) is 0 Å². The maximum Gasteiger partial charge on any atom is 0.224 e. The molecule has 1 unspecified atom stereocenters. The Morgan fingerprint density at radius 2 is 1.92 bits per heavy atom. The predicted octanol–water partition coefficient (Wildman–Crippen LogP) is 6.07. The number of carbonyl (C=O) groups excluding carboxylic acids is 1. The predicted molar refractivity (Wildman–Crippen MR) is 152 cm³/mol. The molecule has 3 N–H and O–H groups in total. The fourth-order valence-corrected chi connectivity index (χ4v) is 4.45. The Balaban J connectivity index is 1.35. The van der Waals surface area contributed by atoms with Gasteiger partial charge in [0.2, 0.25) is 5.91 Å². The summed E-state index contributed by atoms with van der Waals surface area (Å²) in [7, 11) is 0. The molecule has 0 fully saturated rings. The van der Waals surface area contributed by atoms with Gasteiger partial charge in [0.1, 0.15) is 17.0 Å². The number of aromatic amines is 1. The number of allylic oxidation sites excluding steroid dienone is 4. The molecule has 8 nitrogen and oxygen atoms in total. The number of rotatable bonds is 7. The second-order valence-electron chi connectivity index (χ2n) is 10.1. The third-order valence-electron chi connectivity index (χ3n) is 6.57. The van der Waals surface area contributed by atoms with Crippen LogP contribution in [0.2, 0.25) is 0 Å². The van der Waals surface area contributed by atoms with E-state index in [1.54, 1.807) is 43.0 Å². The zero-order chi connectivity index (χ0) is 27.5. The highest BCUT2D eigenvalue weighted by atomic mass is 19.1. The molecule has 0 aliphatic carbocycles. The van der Waals surface area contributed by atoms with Gasteiger partial charge in [-0.3, -0.25) is 20.2 Å². The molecular formula is C30H30FN7O. The van der Waals surface area contributed by atoms with Crippen LogP contribution >= 0.6 is 0 Å². The summed E-state index contributed by atoms with van der Waals surface area (Å²) in [4.78, 5) is 28.8. The lowest BCUT2D eigenvalue weighted by Crippen LogP contribution is -2.14. The lowest BCUT2D eigenvalue weighted by atomic mass is 10.0. The van der Waals surface area contributed by atoms with Crippen LogP contribution in [0, 0.1) is 17.7 Å². The largest absolute Gasteiger partial charge is 0.336 e. The second-order valence-corrected chi connectivity index (χ2v) is 10.1. The molecule has 3 aromatic heterocycles. The molecule has 39 heavy (non-hydrogen) atoms. The van der Waals surface area contributed by atoms with Gasteiger partial charge < -0.3 is 10.3 Å². The Kier molecular flexibility index (Phi) is 7.31. The van der Waals surface area contributed by atoms with Gasteiger partial charge in [0.05, 0.1) is 23.6 Å². The first-order valence-electron chi connectivity index (χ1n) is 12.9. The summed E-state index contributed by atoms with van der Waals surface area (Å²) >= 11 is 0.